The summed E-state index contributed by atoms with van der Waals surface area (Å²) in [6.45, 7) is 3.62. The second-order valence-electron chi connectivity index (χ2n) is 7.05. The summed E-state index contributed by atoms with van der Waals surface area (Å²) >= 11 is 0. The van der Waals surface area contributed by atoms with Gasteiger partial charge < -0.3 is 10.1 Å². The zero-order chi connectivity index (χ0) is 19.4. The van der Waals surface area contributed by atoms with Gasteiger partial charge in [0.15, 0.2) is 15.9 Å². The molecule has 1 aliphatic carbocycles. The smallest absolute Gasteiger partial charge is 0.265 e. The molecule has 2 aromatic rings. The van der Waals surface area contributed by atoms with Gasteiger partial charge in [-0.2, -0.15) is 0 Å². The minimum atomic E-state index is -3.35. The van der Waals surface area contributed by atoms with E-state index >= 15 is 0 Å². The van der Waals surface area contributed by atoms with Crippen molar-refractivity contribution in [2.45, 2.75) is 55.8 Å². The zero-order valence-corrected chi connectivity index (χ0v) is 16.5. The molecule has 1 aliphatic rings. The molecule has 2 aromatic carbocycles. The molecule has 0 aliphatic heterocycles. The first-order valence-electron chi connectivity index (χ1n) is 9.24. The van der Waals surface area contributed by atoms with Crippen LogP contribution >= 0.6 is 0 Å². The number of carbonyl (C=O) groups is 1. The van der Waals surface area contributed by atoms with Crippen LogP contribution in [0.3, 0.4) is 0 Å². The van der Waals surface area contributed by atoms with E-state index in [1.54, 1.807) is 31.2 Å². The number of ether oxygens (including phenoxy) is 1. The van der Waals surface area contributed by atoms with E-state index in [4.69, 9.17) is 4.74 Å². The van der Waals surface area contributed by atoms with Crippen molar-refractivity contribution in [2.75, 3.05) is 5.32 Å². The highest BCUT2D eigenvalue weighted by atomic mass is 32.2. The van der Waals surface area contributed by atoms with E-state index in [0.29, 0.717) is 24.3 Å². The van der Waals surface area contributed by atoms with Gasteiger partial charge in [-0.1, -0.05) is 31.0 Å². The predicted molar refractivity (Wildman–Crippen MR) is 106 cm³/mol. The Labute approximate surface area is 160 Å². The highest BCUT2D eigenvalue weighted by molar-refractivity contribution is 7.92. The summed E-state index contributed by atoms with van der Waals surface area (Å²) in [4.78, 5) is 12.7. The molecule has 27 heavy (non-hydrogen) atoms. The van der Waals surface area contributed by atoms with Gasteiger partial charge in [0.2, 0.25) is 0 Å². The van der Waals surface area contributed by atoms with Crippen LogP contribution in [0.2, 0.25) is 0 Å². The molecule has 144 valence electrons. The third-order valence-corrected chi connectivity index (χ3v) is 7.10. The van der Waals surface area contributed by atoms with Crippen molar-refractivity contribution in [3.05, 3.63) is 54.1 Å². The first kappa shape index (κ1) is 19.4. The van der Waals surface area contributed by atoms with Gasteiger partial charge in [0.1, 0.15) is 5.75 Å². The van der Waals surface area contributed by atoms with Crippen LogP contribution in [0, 0.1) is 6.92 Å². The van der Waals surface area contributed by atoms with Crippen molar-refractivity contribution in [3.8, 4) is 5.75 Å². The number of hydrogen-bond acceptors (Lipinski definition) is 4. The number of carbonyl (C=O) groups excluding carboxylic acids is 1. The van der Waals surface area contributed by atoms with Crippen LogP contribution in [0.15, 0.2) is 53.4 Å². The summed E-state index contributed by atoms with van der Waals surface area (Å²) in [6, 6.07) is 13.9. The van der Waals surface area contributed by atoms with Gasteiger partial charge in [-0.3, -0.25) is 4.79 Å². The molecular weight excluding hydrogens is 362 g/mol. The molecule has 0 saturated heterocycles. The molecule has 1 unspecified atom stereocenters. The number of sulfone groups is 1. The summed E-state index contributed by atoms with van der Waals surface area (Å²) in [6.07, 6.45) is 2.62. The van der Waals surface area contributed by atoms with Crippen LogP contribution in [-0.2, 0) is 14.6 Å². The average molecular weight is 388 g/mol. The molecule has 0 spiro atoms. The minimum Gasteiger partial charge on any atom is -0.481 e. The SMILES string of the molecule is Cc1cccc(OC(C)C(=O)Nc2cccc(S(=O)(=O)C3CCCC3)c2)c1. The Kier molecular flexibility index (Phi) is 5.85. The molecule has 1 fully saturated rings. The third-order valence-electron chi connectivity index (χ3n) is 4.84. The van der Waals surface area contributed by atoms with Gasteiger partial charge >= 0.3 is 0 Å². The van der Waals surface area contributed by atoms with Crippen LogP contribution in [0.5, 0.6) is 5.75 Å². The van der Waals surface area contributed by atoms with Gasteiger partial charge in [0, 0.05) is 5.69 Å². The lowest BCUT2D eigenvalue weighted by atomic mass is 10.2. The maximum absolute atomic E-state index is 12.7. The Hall–Kier alpha value is -2.34. The number of benzene rings is 2. The average Bonchev–Trinajstić information content (AvgIpc) is 3.17. The minimum absolute atomic E-state index is 0.263. The van der Waals surface area contributed by atoms with E-state index in [1.165, 1.54) is 6.07 Å². The number of aryl methyl sites for hydroxylation is 1. The van der Waals surface area contributed by atoms with Gasteiger partial charge in [-0.25, -0.2) is 8.42 Å². The predicted octanol–water partition coefficient (Wildman–Crippen LogP) is 4.12. The third kappa shape index (κ3) is 4.69. The van der Waals surface area contributed by atoms with Gasteiger partial charge in [0.25, 0.3) is 5.91 Å². The monoisotopic (exact) mass is 387 g/mol. The number of hydrogen-bond donors (Lipinski definition) is 1. The Morgan fingerprint density at radius 2 is 1.81 bits per heavy atom. The van der Waals surface area contributed by atoms with Crippen LogP contribution in [0.4, 0.5) is 5.69 Å². The Balaban J connectivity index is 1.69. The highest BCUT2D eigenvalue weighted by Crippen LogP contribution is 2.30. The topological polar surface area (TPSA) is 72.5 Å². The lowest BCUT2D eigenvalue weighted by molar-refractivity contribution is -0.122. The van der Waals surface area contributed by atoms with Crippen molar-refractivity contribution in [3.63, 3.8) is 0 Å². The number of rotatable bonds is 6. The normalized spacial score (nSPS) is 16.1. The summed E-state index contributed by atoms with van der Waals surface area (Å²) < 4.78 is 31.2. The van der Waals surface area contributed by atoms with E-state index in [2.05, 4.69) is 5.32 Å². The summed E-state index contributed by atoms with van der Waals surface area (Å²) in [5.74, 6) is 0.294. The molecule has 1 atom stereocenters. The van der Waals surface area contributed by atoms with Crippen molar-refractivity contribution in [1.82, 2.24) is 0 Å². The Bertz CT molecular complexity index is 917. The Morgan fingerprint density at radius 3 is 2.52 bits per heavy atom. The molecular formula is C21H25NO4S. The van der Waals surface area contributed by atoms with Gasteiger partial charge in [-0.05, 0) is 62.6 Å². The zero-order valence-electron chi connectivity index (χ0n) is 15.6. The second-order valence-corrected chi connectivity index (χ2v) is 9.27. The summed E-state index contributed by atoms with van der Waals surface area (Å²) in [5.41, 5.74) is 1.50. The van der Waals surface area contributed by atoms with E-state index in [0.717, 1.165) is 18.4 Å². The molecule has 0 aromatic heterocycles. The van der Waals surface area contributed by atoms with Crippen LogP contribution in [0.25, 0.3) is 0 Å². The number of anilines is 1. The van der Waals surface area contributed by atoms with Crippen molar-refractivity contribution in [1.29, 1.82) is 0 Å². The second kappa shape index (κ2) is 8.13. The molecule has 1 amide bonds. The van der Waals surface area contributed by atoms with Gasteiger partial charge in [0.05, 0.1) is 10.1 Å². The molecule has 1 N–H and O–H groups in total. The fourth-order valence-corrected chi connectivity index (χ4v) is 5.23. The largest absolute Gasteiger partial charge is 0.481 e. The lowest BCUT2D eigenvalue weighted by Crippen LogP contribution is -2.30. The highest BCUT2D eigenvalue weighted by Gasteiger charge is 2.30. The summed E-state index contributed by atoms with van der Waals surface area (Å²) in [5, 5.41) is 2.44. The maximum atomic E-state index is 12.7. The van der Waals surface area contributed by atoms with Crippen molar-refractivity contribution < 1.29 is 17.9 Å². The van der Waals surface area contributed by atoms with E-state index < -0.39 is 15.9 Å². The molecule has 0 radical (unpaired) electrons. The molecule has 6 heteroatoms. The van der Waals surface area contributed by atoms with Crippen LogP contribution in [-0.4, -0.2) is 25.7 Å². The lowest BCUT2D eigenvalue weighted by Gasteiger charge is -2.16. The molecule has 0 bridgehead atoms. The standard InChI is InChI=1S/C21H25NO4S/c1-15-7-5-9-18(13-15)26-16(2)21(23)22-17-8-6-12-20(14-17)27(24,25)19-10-3-4-11-19/h5-9,12-14,16,19H,3-4,10-11H2,1-2H3,(H,22,23). The van der Waals surface area contributed by atoms with E-state index in [-0.39, 0.29) is 16.1 Å². The van der Waals surface area contributed by atoms with Gasteiger partial charge in [-0.15, -0.1) is 0 Å². The fourth-order valence-electron chi connectivity index (χ4n) is 3.33. The number of nitrogens with one attached hydrogen (secondary N) is 1. The molecule has 3 rings (SSSR count). The maximum Gasteiger partial charge on any atom is 0.265 e. The van der Waals surface area contributed by atoms with Crippen LogP contribution in [0.1, 0.15) is 38.2 Å². The summed E-state index contributed by atoms with van der Waals surface area (Å²) in [7, 11) is -3.35. The first-order valence-corrected chi connectivity index (χ1v) is 10.8. The molecule has 1 saturated carbocycles. The van der Waals surface area contributed by atoms with Crippen molar-refractivity contribution >= 4 is 21.4 Å². The number of amides is 1. The van der Waals surface area contributed by atoms with E-state index in [9.17, 15) is 13.2 Å². The van der Waals surface area contributed by atoms with Crippen LogP contribution < -0.4 is 10.1 Å². The first-order chi connectivity index (χ1) is 12.9. The quantitative estimate of drug-likeness (QED) is 0.809. The molecule has 0 heterocycles. The van der Waals surface area contributed by atoms with E-state index in [1.807, 2.05) is 25.1 Å². The fraction of sp³-hybridized carbons (Fsp3) is 0.381. The Morgan fingerprint density at radius 1 is 1.11 bits per heavy atom. The molecule has 5 nitrogen and oxygen atoms in total. The van der Waals surface area contributed by atoms with Crippen molar-refractivity contribution in [2.24, 2.45) is 0 Å².